The molecular formula is C21H20N2O5S. The number of amides is 2. The molecule has 7 nitrogen and oxygen atoms in total. The van der Waals surface area contributed by atoms with Crippen molar-refractivity contribution in [3.8, 4) is 0 Å². The van der Waals surface area contributed by atoms with E-state index in [2.05, 4.69) is 4.90 Å². The minimum absolute atomic E-state index is 0.0443. The van der Waals surface area contributed by atoms with Gasteiger partial charge >= 0.3 is 5.97 Å². The van der Waals surface area contributed by atoms with Crippen molar-refractivity contribution in [2.75, 3.05) is 36.1 Å². The van der Waals surface area contributed by atoms with E-state index in [4.69, 9.17) is 4.74 Å². The molecule has 2 fully saturated rings. The summed E-state index contributed by atoms with van der Waals surface area (Å²) >= 11 is 1.13. The fourth-order valence-electron chi connectivity index (χ4n) is 3.50. The highest BCUT2D eigenvalue weighted by molar-refractivity contribution is 8.00. The molecule has 0 spiro atoms. The molecule has 0 aromatic heterocycles. The third-order valence-electron chi connectivity index (χ3n) is 4.98. The molecule has 2 amide bonds. The summed E-state index contributed by atoms with van der Waals surface area (Å²) in [6, 6.07) is 13.9. The SMILES string of the molecule is O=C(O)c1ccccc1S[C@@H]1CC(=O)N(c2ccc(N3CCOCC3)cc2)C1=O. The number of carbonyl (C=O) groups is 3. The number of nitrogens with zero attached hydrogens (tertiary/aromatic N) is 2. The number of ether oxygens (including phenoxy) is 1. The standard InChI is InChI=1S/C21H20N2O5S/c24-19-13-18(29-17-4-2-1-3-16(17)21(26)27)20(25)23(19)15-7-5-14(6-8-15)22-9-11-28-12-10-22/h1-8,18H,9-13H2,(H,26,27)/t18-/m1/s1. The third kappa shape index (κ3) is 3.99. The van der Waals surface area contributed by atoms with Gasteiger partial charge in [0.1, 0.15) is 0 Å². The van der Waals surface area contributed by atoms with Crippen LogP contribution in [0.5, 0.6) is 0 Å². The number of thioether (sulfide) groups is 1. The Morgan fingerprint density at radius 1 is 1.00 bits per heavy atom. The second-order valence-corrected chi connectivity index (χ2v) is 8.04. The molecule has 2 aromatic rings. The Kier molecular flexibility index (Phi) is 5.55. The number of morpholine rings is 1. The highest BCUT2D eigenvalue weighted by Gasteiger charge is 2.40. The van der Waals surface area contributed by atoms with E-state index < -0.39 is 11.2 Å². The van der Waals surface area contributed by atoms with E-state index in [1.807, 2.05) is 12.1 Å². The predicted molar refractivity (Wildman–Crippen MR) is 110 cm³/mol. The number of carboxylic acids is 1. The molecule has 1 N–H and O–H groups in total. The van der Waals surface area contributed by atoms with E-state index in [-0.39, 0.29) is 23.8 Å². The van der Waals surface area contributed by atoms with Crippen LogP contribution >= 0.6 is 11.8 Å². The van der Waals surface area contributed by atoms with E-state index in [0.717, 1.165) is 30.5 Å². The van der Waals surface area contributed by atoms with E-state index >= 15 is 0 Å². The van der Waals surface area contributed by atoms with Gasteiger partial charge in [0.25, 0.3) is 0 Å². The largest absolute Gasteiger partial charge is 0.478 e. The van der Waals surface area contributed by atoms with Crippen molar-refractivity contribution >= 4 is 40.9 Å². The van der Waals surface area contributed by atoms with Crippen LogP contribution in [-0.2, 0) is 14.3 Å². The Balaban J connectivity index is 1.50. The maximum atomic E-state index is 12.9. The van der Waals surface area contributed by atoms with Crippen molar-refractivity contribution in [3.05, 3.63) is 54.1 Å². The maximum Gasteiger partial charge on any atom is 0.336 e. The molecule has 8 heteroatoms. The first kappa shape index (κ1) is 19.5. The summed E-state index contributed by atoms with van der Waals surface area (Å²) < 4.78 is 5.36. The average molecular weight is 412 g/mol. The van der Waals surface area contributed by atoms with Crippen molar-refractivity contribution < 1.29 is 24.2 Å². The first-order valence-electron chi connectivity index (χ1n) is 9.33. The Morgan fingerprint density at radius 2 is 1.66 bits per heavy atom. The lowest BCUT2D eigenvalue weighted by atomic mass is 10.2. The van der Waals surface area contributed by atoms with Gasteiger partial charge in [-0.1, -0.05) is 12.1 Å². The molecule has 0 radical (unpaired) electrons. The van der Waals surface area contributed by atoms with E-state index in [1.165, 1.54) is 11.0 Å². The zero-order valence-electron chi connectivity index (χ0n) is 15.6. The van der Waals surface area contributed by atoms with Gasteiger partial charge in [-0.2, -0.15) is 0 Å². The van der Waals surface area contributed by atoms with Crippen LogP contribution in [0.1, 0.15) is 16.8 Å². The summed E-state index contributed by atoms with van der Waals surface area (Å²) in [6.45, 7) is 2.98. The van der Waals surface area contributed by atoms with Crippen molar-refractivity contribution in [1.29, 1.82) is 0 Å². The summed E-state index contributed by atoms with van der Waals surface area (Å²) in [5.74, 6) is -1.65. The second kappa shape index (κ2) is 8.26. The van der Waals surface area contributed by atoms with E-state index in [9.17, 15) is 19.5 Å². The van der Waals surface area contributed by atoms with Crippen LogP contribution in [0.4, 0.5) is 11.4 Å². The Morgan fingerprint density at radius 3 is 2.34 bits per heavy atom. The Hall–Kier alpha value is -2.84. The molecule has 0 bridgehead atoms. The number of carbonyl (C=O) groups excluding carboxylic acids is 2. The van der Waals surface area contributed by atoms with Crippen molar-refractivity contribution in [1.82, 2.24) is 0 Å². The molecule has 0 aliphatic carbocycles. The van der Waals surface area contributed by atoms with Crippen molar-refractivity contribution in [2.45, 2.75) is 16.6 Å². The lowest BCUT2D eigenvalue weighted by molar-refractivity contribution is -0.121. The van der Waals surface area contributed by atoms with Gasteiger partial charge in [0.05, 0.1) is 29.7 Å². The predicted octanol–water partition coefficient (Wildman–Crippen LogP) is 2.65. The number of aromatic carboxylic acids is 1. The zero-order chi connectivity index (χ0) is 20.4. The number of hydrogen-bond donors (Lipinski definition) is 1. The van der Waals surface area contributed by atoms with Gasteiger partial charge in [0.15, 0.2) is 0 Å². The number of imide groups is 1. The van der Waals surface area contributed by atoms with Gasteiger partial charge in [0.2, 0.25) is 11.8 Å². The van der Waals surface area contributed by atoms with E-state index in [0.29, 0.717) is 23.8 Å². The van der Waals surface area contributed by atoms with Crippen molar-refractivity contribution in [2.24, 2.45) is 0 Å². The number of carboxylic acid groups (broad SMARTS) is 1. The Bertz CT molecular complexity index is 940. The number of benzene rings is 2. The fraction of sp³-hybridized carbons (Fsp3) is 0.286. The first-order chi connectivity index (χ1) is 14.0. The molecule has 2 aromatic carbocycles. The molecule has 150 valence electrons. The summed E-state index contributed by atoms with van der Waals surface area (Å²) in [7, 11) is 0. The van der Waals surface area contributed by atoms with Gasteiger partial charge < -0.3 is 14.7 Å². The summed E-state index contributed by atoms with van der Waals surface area (Å²) in [5.41, 5.74) is 1.69. The maximum absolute atomic E-state index is 12.9. The molecule has 29 heavy (non-hydrogen) atoms. The molecule has 1 atom stereocenters. The normalized spacial score (nSPS) is 19.7. The van der Waals surface area contributed by atoms with Crippen LogP contribution in [0.3, 0.4) is 0 Å². The van der Waals surface area contributed by atoms with E-state index in [1.54, 1.807) is 30.3 Å². The zero-order valence-corrected chi connectivity index (χ0v) is 16.4. The Labute approximate surface area is 172 Å². The molecule has 2 heterocycles. The minimum atomic E-state index is -1.06. The van der Waals surface area contributed by atoms with Crippen LogP contribution in [0.2, 0.25) is 0 Å². The summed E-state index contributed by atoms with van der Waals surface area (Å²) in [4.78, 5) is 40.7. The van der Waals surface area contributed by atoms with Crippen LogP contribution < -0.4 is 9.80 Å². The van der Waals surface area contributed by atoms with Gasteiger partial charge in [-0.3, -0.25) is 9.59 Å². The summed E-state index contributed by atoms with van der Waals surface area (Å²) in [5, 5.41) is 8.70. The van der Waals surface area contributed by atoms with Crippen molar-refractivity contribution in [3.63, 3.8) is 0 Å². The smallest absolute Gasteiger partial charge is 0.336 e. The van der Waals surface area contributed by atoms with Crippen LogP contribution in [0.15, 0.2) is 53.4 Å². The monoisotopic (exact) mass is 412 g/mol. The average Bonchev–Trinajstić information content (AvgIpc) is 3.02. The van der Waals surface area contributed by atoms with Gasteiger partial charge in [-0.15, -0.1) is 11.8 Å². The molecule has 0 saturated carbocycles. The molecule has 2 saturated heterocycles. The molecule has 4 rings (SSSR count). The molecule has 2 aliphatic rings. The van der Waals surface area contributed by atoms with Gasteiger partial charge in [0, 0.05) is 30.1 Å². The quantitative estimate of drug-likeness (QED) is 0.756. The number of anilines is 2. The molecular weight excluding hydrogens is 392 g/mol. The highest BCUT2D eigenvalue weighted by Crippen LogP contribution is 2.36. The number of rotatable bonds is 5. The molecule has 2 aliphatic heterocycles. The van der Waals surface area contributed by atoms with Crippen LogP contribution in [-0.4, -0.2) is 54.4 Å². The third-order valence-corrected chi connectivity index (χ3v) is 6.24. The van der Waals surface area contributed by atoms with Crippen LogP contribution in [0.25, 0.3) is 0 Å². The van der Waals surface area contributed by atoms with Gasteiger partial charge in [-0.25, -0.2) is 9.69 Å². The topological polar surface area (TPSA) is 87.2 Å². The second-order valence-electron chi connectivity index (χ2n) is 6.80. The summed E-state index contributed by atoms with van der Waals surface area (Å²) in [6.07, 6.45) is 0.0443. The number of hydrogen-bond acceptors (Lipinski definition) is 6. The van der Waals surface area contributed by atoms with Crippen LogP contribution in [0, 0.1) is 0 Å². The first-order valence-corrected chi connectivity index (χ1v) is 10.2. The fourth-order valence-corrected chi connectivity index (χ4v) is 4.68. The molecule has 0 unspecified atom stereocenters. The lowest BCUT2D eigenvalue weighted by Crippen LogP contribution is -2.36. The highest BCUT2D eigenvalue weighted by atomic mass is 32.2. The minimum Gasteiger partial charge on any atom is -0.478 e. The lowest BCUT2D eigenvalue weighted by Gasteiger charge is -2.29. The van der Waals surface area contributed by atoms with Gasteiger partial charge in [-0.05, 0) is 36.4 Å².